The highest BCUT2D eigenvalue weighted by atomic mass is 32.2. The van der Waals surface area contributed by atoms with Gasteiger partial charge in [-0.3, -0.25) is 14.8 Å². The van der Waals surface area contributed by atoms with Crippen molar-refractivity contribution in [3.63, 3.8) is 0 Å². The van der Waals surface area contributed by atoms with E-state index in [9.17, 15) is 10.1 Å². The first-order chi connectivity index (χ1) is 12.7. The van der Waals surface area contributed by atoms with Crippen LogP contribution < -0.4 is 5.32 Å². The third-order valence-electron chi connectivity index (χ3n) is 3.90. The highest BCUT2D eigenvalue weighted by Gasteiger charge is 2.22. The van der Waals surface area contributed by atoms with E-state index in [-0.39, 0.29) is 5.91 Å². The normalized spacial score (nSPS) is 15.3. The van der Waals surface area contributed by atoms with Crippen LogP contribution in [0.5, 0.6) is 0 Å². The highest BCUT2D eigenvalue weighted by Crippen LogP contribution is 2.32. The SMILES string of the molecule is N#Cc1cnc2ccc(C=C3SC(=S)NC3=O)cc2c1-c1cccnc1. The molecule has 1 aromatic carbocycles. The monoisotopic (exact) mass is 374 g/mol. The standard InChI is InChI=1S/C19H10N4OS2/c20-8-13-10-22-15-4-3-11(7-16-18(24)23-19(25)26-16)6-14(15)17(13)12-2-1-5-21-9-12/h1-7,9-10H,(H,23,24,25). The molecule has 1 N–H and O–H groups in total. The number of carbonyl (C=O) groups is 1. The number of hydrogen-bond acceptors (Lipinski definition) is 6. The predicted octanol–water partition coefficient (Wildman–Crippen LogP) is 3.66. The topological polar surface area (TPSA) is 78.7 Å². The summed E-state index contributed by atoms with van der Waals surface area (Å²) in [4.78, 5) is 21.0. The number of nitriles is 1. The lowest BCUT2D eigenvalue weighted by Gasteiger charge is -2.09. The van der Waals surface area contributed by atoms with Crippen molar-refractivity contribution in [2.75, 3.05) is 0 Å². The molecule has 124 valence electrons. The number of thioether (sulfide) groups is 1. The van der Waals surface area contributed by atoms with Gasteiger partial charge in [0.25, 0.3) is 5.91 Å². The summed E-state index contributed by atoms with van der Waals surface area (Å²) in [6.07, 6.45) is 6.76. The maximum absolute atomic E-state index is 11.9. The highest BCUT2D eigenvalue weighted by molar-refractivity contribution is 8.26. The number of amides is 1. The van der Waals surface area contributed by atoms with E-state index in [2.05, 4.69) is 21.4 Å². The number of benzene rings is 1. The molecule has 4 rings (SSSR count). The van der Waals surface area contributed by atoms with Gasteiger partial charge in [0.2, 0.25) is 0 Å². The van der Waals surface area contributed by atoms with Crippen LogP contribution in [0.3, 0.4) is 0 Å². The minimum Gasteiger partial charge on any atom is -0.307 e. The molecule has 1 aliphatic heterocycles. The van der Waals surface area contributed by atoms with Gasteiger partial charge in [-0.1, -0.05) is 36.1 Å². The van der Waals surface area contributed by atoms with Gasteiger partial charge in [0.05, 0.1) is 16.0 Å². The zero-order chi connectivity index (χ0) is 18.1. The number of hydrogen-bond donors (Lipinski definition) is 1. The summed E-state index contributed by atoms with van der Waals surface area (Å²) >= 11 is 6.26. The molecule has 2 aromatic heterocycles. The first-order valence-corrected chi connectivity index (χ1v) is 8.86. The van der Waals surface area contributed by atoms with Crippen LogP contribution in [0, 0.1) is 11.3 Å². The average molecular weight is 374 g/mol. The molecule has 1 amide bonds. The summed E-state index contributed by atoms with van der Waals surface area (Å²) in [7, 11) is 0. The van der Waals surface area contributed by atoms with Crippen LogP contribution in [0.25, 0.3) is 28.1 Å². The van der Waals surface area contributed by atoms with Crippen molar-refractivity contribution < 1.29 is 4.79 Å². The van der Waals surface area contributed by atoms with Crippen molar-refractivity contribution in [1.29, 1.82) is 5.26 Å². The van der Waals surface area contributed by atoms with E-state index < -0.39 is 0 Å². The fraction of sp³-hybridized carbons (Fsp3) is 0. The van der Waals surface area contributed by atoms with Gasteiger partial charge in [-0.15, -0.1) is 0 Å². The Morgan fingerprint density at radius 2 is 2.15 bits per heavy atom. The number of aromatic nitrogens is 2. The molecule has 3 heterocycles. The van der Waals surface area contributed by atoms with Gasteiger partial charge in [0.15, 0.2) is 0 Å². The zero-order valence-electron chi connectivity index (χ0n) is 13.3. The van der Waals surface area contributed by atoms with Gasteiger partial charge in [-0.05, 0) is 29.8 Å². The Kier molecular flexibility index (Phi) is 4.21. The fourth-order valence-corrected chi connectivity index (χ4v) is 3.82. The molecular weight excluding hydrogens is 364 g/mol. The van der Waals surface area contributed by atoms with Crippen molar-refractivity contribution in [3.05, 3.63) is 65.0 Å². The van der Waals surface area contributed by atoms with Crippen LogP contribution in [-0.4, -0.2) is 20.2 Å². The quantitative estimate of drug-likeness (QED) is 0.545. The zero-order valence-corrected chi connectivity index (χ0v) is 14.9. The number of carbonyl (C=O) groups excluding carboxylic acids is 1. The van der Waals surface area contributed by atoms with Crippen molar-refractivity contribution in [1.82, 2.24) is 15.3 Å². The van der Waals surface area contributed by atoms with Gasteiger partial charge in [0.1, 0.15) is 10.4 Å². The number of rotatable bonds is 2. The number of nitrogens with one attached hydrogen (secondary N) is 1. The van der Waals surface area contributed by atoms with Crippen LogP contribution in [0.2, 0.25) is 0 Å². The summed E-state index contributed by atoms with van der Waals surface area (Å²) in [6.45, 7) is 0. The first-order valence-electron chi connectivity index (χ1n) is 7.64. The molecule has 0 spiro atoms. The van der Waals surface area contributed by atoms with E-state index in [0.29, 0.717) is 14.8 Å². The van der Waals surface area contributed by atoms with E-state index in [0.717, 1.165) is 27.6 Å². The second-order valence-corrected chi connectivity index (χ2v) is 7.25. The molecule has 26 heavy (non-hydrogen) atoms. The number of pyridine rings is 2. The number of fused-ring (bicyclic) bond motifs is 1. The molecule has 5 nitrogen and oxygen atoms in total. The lowest BCUT2D eigenvalue weighted by molar-refractivity contribution is -0.115. The summed E-state index contributed by atoms with van der Waals surface area (Å²) in [5.74, 6) is -0.198. The second kappa shape index (κ2) is 6.67. The van der Waals surface area contributed by atoms with E-state index in [1.165, 1.54) is 11.8 Å². The summed E-state index contributed by atoms with van der Waals surface area (Å²) in [5.41, 5.74) is 3.70. The molecule has 0 atom stereocenters. The van der Waals surface area contributed by atoms with Crippen LogP contribution in [0.15, 0.2) is 53.8 Å². The van der Waals surface area contributed by atoms with Gasteiger partial charge in [-0.25, -0.2) is 0 Å². The molecule has 3 aromatic rings. The second-order valence-electron chi connectivity index (χ2n) is 5.53. The lowest BCUT2D eigenvalue weighted by Crippen LogP contribution is -2.17. The largest absolute Gasteiger partial charge is 0.307 e. The third-order valence-corrected chi connectivity index (χ3v) is 5.07. The van der Waals surface area contributed by atoms with Crippen LogP contribution in [0.4, 0.5) is 0 Å². The minimum absolute atomic E-state index is 0.198. The maximum atomic E-state index is 11.9. The molecule has 0 unspecified atom stereocenters. The summed E-state index contributed by atoms with van der Waals surface area (Å²) < 4.78 is 0.450. The van der Waals surface area contributed by atoms with E-state index in [1.807, 2.05) is 30.3 Å². The molecule has 1 saturated heterocycles. The van der Waals surface area contributed by atoms with E-state index >= 15 is 0 Å². The molecule has 0 aliphatic carbocycles. The number of nitrogens with zero attached hydrogens (tertiary/aromatic N) is 3. The summed E-state index contributed by atoms with van der Waals surface area (Å²) in [6, 6.07) is 11.6. The van der Waals surface area contributed by atoms with Crippen molar-refractivity contribution in [2.24, 2.45) is 0 Å². The first kappa shape index (κ1) is 16.4. The molecule has 1 aliphatic rings. The van der Waals surface area contributed by atoms with Gasteiger partial charge >= 0.3 is 0 Å². The molecule has 1 fully saturated rings. The number of thiocarbonyl (C=S) groups is 1. The van der Waals surface area contributed by atoms with Crippen molar-refractivity contribution in [2.45, 2.75) is 0 Å². The molecule has 0 saturated carbocycles. The molecule has 0 radical (unpaired) electrons. The van der Waals surface area contributed by atoms with Crippen LogP contribution in [0.1, 0.15) is 11.1 Å². The van der Waals surface area contributed by atoms with Crippen molar-refractivity contribution >= 4 is 51.2 Å². The van der Waals surface area contributed by atoms with Gasteiger partial charge in [0, 0.05) is 35.1 Å². The Balaban J connectivity index is 1.93. The predicted molar refractivity (Wildman–Crippen MR) is 106 cm³/mol. The Hall–Kier alpha value is -3.08. The van der Waals surface area contributed by atoms with E-state index in [4.69, 9.17) is 12.2 Å². The van der Waals surface area contributed by atoms with E-state index in [1.54, 1.807) is 24.7 Å². The summed E-state index contributed by atoms with van der Waals surface area (Å²) in [5, 5.41) is 12.9. The fourth-order valence-electron chi connectivity index (χ4n) is 2.78. The average Bonchev–Trinajstić information content (AvgIpc) is 2.98. The van der Waals surface area contributed by atoms with Crippen LogP contribution >= 0.6 is 24.0 Å². The Bertz CT molecular complexity index is 1130. The molecular formula is C19H10N4OS2. The minimum atomic E-state index is -0.198. The molecule has 0 bridgehead atoms. The van der Waals surface area contributed by atoms with Crippen LogP contribution in [-0.2, 0) is 4.79 Å². The Labute approximate surface area is 158 Å². The Morgan fingerprint density at radius 3 is 2.85 bits per heavy atom. The maximum Gasteiger partial charge on any atom is 0.263 e. The molecule has 7 heteroatoms. The third kappa shape index (κ3) is 2.96. The smallest absolute Gasteiger partial charge is 0.263 e. The Morgan fingerprint density at radius 1 is 1.27 bits per heavy atom. The lowest BCUT2D eigenvalue weighted by atomic mass is 9.97. The van der Waals surface area contributed by atoms with Gasteiger partial charge < -0.3 is 5.32 Å². The van der Waals surface area contributed by atoms with Gasteiger partial charge in [-0.2, -0.15) is 5.26 Å². The van der Waals surface area contributed by atoms with Crippen molar-refractivity contribution in [3.8, 4) is 17.2 Å².